The molecule has 0 aromatic heterocycles. The maximum absolute atomic E-state index is 13.4. The number of hydrogen-bond acceptors (Lipinski definition) is 2. The van der Waals surface area contributed by atoms with Crippen LogP contribution >= 0.6 is 15.9 Å². The number of halogens is 2. The molecule has 3 rings (SSSR count). The zero-order chi connectivity index (χ0) is 11.1. The fourth-order valence-corrected chi connectivity index (χ4v) is 2.79. The summed E-state index contributed by atoms with van der Waals surface area (Å²) in [5, 5.41) is 0. The van der Waals surface area contributed by atoms with Crippen molar-refractivity contribution in [2.24, 2.45) is 0 Å². The normalized spacial score (nSPS) is 28.9. The maximum Gasteiger partial charge on any atom is 0.137 e. The van der Waals surface area contributed by atoms with Gasteiger partial charge in [-0.15, -0.1) is 0 Å². The molecule has 0 N–H and O–H groups in total. The predicted octanol–water partition coefficient (Wildman–Crippen LogP) is 2.56. The second-order valence-corrected chi connectivity index (χ2v) is 5.38. The van der Waals surface area contributed by atoms with E-state index in [4.69, 9.17) is 4.74 Å². The minimum Gasteiger partial charge on any atom is -0.375 e. The first-order valence-electron chi connectivity index (χ1n) is 5.52. The van der Waals surface area contributed by atoms with Crippen molar-refractivity contribution in [2.75, 3.05) is 13.2 Å². The van der Waals surface area contributed by atoms with Gasteiger partial charge in [0.05, 0.1) is 17.2 Å². The van der Waals surface area contributed by atoms with Gasteiger partial charge in [0.15, 0.2) is 0 Å². The van der Waals surface area contributed by atoms with Gasteiger partial charge >= 0.3 is 0 Å². The summed E-state index contributed by atoms with van der Waals surface area (Å²) in [6.07, 6.45) is 1.55. The number of fused-ring (bicyclic) bond motifs is 2. The van der Waals surface area contributed by atoms with Crippen molar-refractivity contribution in [3.63, 3.8) is 0 Å². The van der Waals surface area contributed by atoms with E-state index in [-0.39, 0.29) is 5.82 Å². The molecule has 86 valence electrons. The van der Waals surface area contributed by atoms with Crippen LogP contribution in [0.3, 0.4) is 0 Å². The van der Waals surface area contributed by atoms with E-state index in [1.807, 2.05) is 6.07 Å². The summed E-state index contributed by atoms with van der Waals surface area (Å²) in [4.78, 5) is 2.39. The Morgan fingerprint density at radius 2 is 2.38 bits per heavy atom. The molecule has 4 heteroatoms. The topological polar surface area (TPSA) is 12.5 Å². The highest BCUT2D eigenvalue weighted by molar-refractivity contribution is 9.10. The molecule has 1 aromatic carbocycles. The van der Waals surface area contributed by atoms with Crippen LogP contribution in [0.4, 0.5) is 4.39 Å². The van der Waals surface area contributed by atoms with E-state index in [1.165, 1.54) is 0 Å². The number of benzene rings is 1. The second-order valence-electron chi connectivity index (χ2n) is 4.52. The third kappa shape index (κ3) is 1.90. The van der Waals surface area contributed by atoms with E-state index < -0.39 is 0 Å². The monoisotopic (exact) mass is 285 g/mol. The summed E-state index contributed by atoms with van der Waals surface area (Å²) >= 11 is 3.17. The Morgan fingerprint density at radius 3 is 3.00 bits per heavy atom. The fraction of sp³-hybridized carbons (Fsp3) is 0.500. The lowest BCUT2D eigenvalue weighted by molar-refractivity contribution is 0.0273. The molecule has 2 bridgehead atoms. The molecule has 0 radical (unpaired) electrons. The fourth-order valence-electron chi connectivity index (χ4n) is 2.55. The Kier molecular flexibility index (Phi) is 2.73. The van der Waals surface area contributed by atoms with Crippen LogP contribution in [-0.4, -0.2) is 30.2 Å². The smallest absolute Gasteiger partial charge is 0.137 e. The Bertz CT molecular complexity index is 412. The van der Waals surface area contributed by atoms with Gasteiger partial charge in [0, 0.05) is 19.1 Å². The molecule has 2 nitrogen and oxygen atoms in total. The van der Waals surface area contributed by atoms with Crippen molar-refractivity contribution >= 4 is 15.9 Å². The van der Waals surface area contributed by atoms with Gasteiger partial charge in [0.2, 0.25) is 0 Å². The Labute approximate surface area is 103 Å². The first-order valence-corrected chi connectivity index (χ1v) is 6.31. The van der Waals surface area contributed by atoms with Gasteiger partial charge in [-0.3, -0.25) is 4.90 Å². The lowest BCUT2D eigenvalue weighted by Gasteiger charge is -2.26. The molecular formula is C12H13BrFNO. The summed E-state index contributed by atoms with van der Waals surface area (Å²) in [7, 11) is 0. The minimum absolute atomic E-state index is 0.182. The third-order valence-electron chi connectivity index (χ3n) is 3.38. The van der Waals surface area contributed by atoms with Crippen molar-refractivity contribution in [3.05, 3.63) is 34.1 Å². The number of nitrogens with zero attached hydrogens (tertiary/aromatic N) is 1. The quantitative estimate of drug-likeness (QED) is 0.828. The van der Waals surface area contributed by atoms with Crippen LogP contribution in [-0.2, 0) is 11.3 Å². The molecular weight excluding hydrogens is 273 g/mol. The van der Waals surface area contributed by atoms with Gasteiger partial charge < -0.3 is 4.74 Å². The molecule has 2 aliphatic heterocycles. The molecule has 2 aliphatic rings. The van der Waals surface area contributed by atoms with Gasteiger partial charge in [-0.25, -0.2) is 4.39 Å². The SMILES string of the molecule is Fc1cc(CN2C[C@@H]3C[C@H]2CO3)ccc1Br. The van der Waals surface area contributed by atoms with Crippen LogP contribution in [0.2, 0.25) is 0 Å². The summed E-state index contributed by atoms with van der Waals surface area (Å²) in [5.74, 6) is -0.182. The molecule has 2 fully saturated rings. The van der Waals surface area contributed by atoms with Crippen molar-refractivity contribution in [1.29, 1.82) is 0 Å². The molecule has 16 heavy (non-hydrogen) atoms. The van der Waals surface area contributed by atoms with E-state index in [0.717, 1.165) is 31.7 Å². The lowest BCUT2D eigenvalue weighted by Crippen LogP contribution is -2.36. The van der Waals surface area contributed by atoms with Crippen LogP contribution < -0.4 is 0 Å². The van der Waals surface area contributed by atoms with Crippen LogP contribution in [0.1, 0.15) is 12.0 Å². The summed E-state index contributed by atoms with van der Waals surface area (Å²) in [6.45, 7) is 2.65. The zero-order valence-electron chi connectivity index (χ0n) is 8.83. The summed E-state index contributed by atoms with van der Waals surface area (Å²) < 4.78 is 19.4. The molecule has 2 heterocycles. The first-order chi connectivity index (χ1) is 7.72. The molecule has 0 amide bonds. The Morgan fingerprint density at radius 1 is 1.50 bits per heavy atom. The summed E-state index contributed by atoms with van der Waals surface area (Å²) in [5.41, 5.74) is 1.04. The van der Waals surface area contributed by atoms with Crippen LogP contribution in [0, 0.1) is 5.82 Å². The lowest BCUT2D eigenvalue weighted by atomic mass is 10.2. The molecule has 0 saturated carbocycles. The van der Waals surface area contributed by atoms with E-state index in [0.29, 0.717) is 16.6 Å². The molecule has 0 spiro atoms. The highest BCUT2D eigenvalue weighted by Crippen LogP contribution is 2.29. The van der Waals surface area contributed by atoms with Gasteiger partial charge in [0.1, 0.15) is 5.82 Å². The molecule has 2 atom stereocenters. The van der Waals surface area contributed by atoms with E-state index in [2.05, 4.69) is 20.8 Å². The van der Waals surface area contributed by atoms with Crippen molar-refractivity contribution in [1.82, 2.24) is 4.90 Å². The average Bonchev–Trinajstić information content (AvgIpc) is 2.85. The Hall–Kier alpha value is -0.450. The van der Waals surface area contributed by atoms with Crippen molar-refractivity contribution in [3.8, 4) is 0 Å². The standard InChI is InChI=1S/C12H13BrFNO/c13-11-2-1-8(3-12(11)14)5-15-6-10-4-9(15)7-16-10/h1-3,9-10H,4-7H2/t9-,10-/m0/s1. The number of rotatable bonds is 2. The van der Waals surface area contributed by atoms with Crippen LogP contribution in [0.5, 0.6) is 0 Å². The predicted molar refractivity (Wildman–Crippen MR) is 62.7 cm³/mol. The van der Waals surface area contributed by atoms with E-state index >= 15 is 0 Å². The van der Waals surface area contributed by atoms with E-state index in [9.17, 15) is 4.39 Å². The largest absolute Gasteiger partial charge is 0.375 e. The third-order valence-corrected chi connectivity index (χ3v) is 4.03. The number of hydrogen-bond donors (Lipinski definition) is 0. The first kappa shape index (κ1) is 10.7. The number of morpholine rings is 1. The van der Waals surface area contributed by atoms with Gasteiger partial charge in [-0.05, 0) is 40.0 Å². The number of likely N-dealkylation sites (tertiary alicyclic amines) is 1. The van der Waals surface area contributed by atoms with E-state index in [1.54, 1.807) is 12.1 Å². The molecule has 2 saturated heterocycles. The number of ether oxygens (including phenoxy) is 1. The maximum atomic E-state index is 13.4. The Balaban J connectivity index is 1.72. The second kappa shape index (κ2) is 4.09. The summed E-state index contributed by atoms with van der Waals surface area (Å²) in [6, 6.07) is 5.89. The van der Waals surface area contributed by atoms with Gasteiger partial charge in [-0.2, -0.15) is 0 Å². The highest BCUT2D eigenvalue weighted by Gasteiger charge is 2.38. The zero-order valence-corrected chi connectivity index (χ0v) is 10.4. The molecule has 1 aromatic rings. The van der Waals surface area contributed by atoms with Crippen LogP contribution in [0.25, 0.3) is 0 Å². The minimum atomic E-state index is -0.182. The molecule has 0 aliphatic carbocycles. The van der Waals surface area contributed by atoms with Crippen molar-refractivity contribution < 1.29 is 9.13 Å². The van der Waals surface area contributed by atoms with Gasteiger partial charge in [0.25, 0.3) is 0 Å². The van der Waals surface area contributed by atoms with Crippen LogP contribution in [0.15, 0.2) is 22.7 Å². The molecule has 0 unspecified atom stereocenters. The van der Waals surface area contributed by atoms with Crippen molar-refractivity contribution in [2.45, 2.75) is 25.1 Å². The van der Waals surface area contributed by atoms with Gasteiger partial charge in [-0.1, -0.05) is 6.07 Å². The highest BCUT2D eigenvalue weighted by atomic mass is 79.9. The average molecular weight is 286 g/mol.